The summed E-state index contributed by atoms with van der Waals surface area (Å²) < 4.78 is 5.41. The summed E-state index contributed by atoms with van der Waals surface area (Å²) in [6.45, 7) is 1.77. The molecule has 2 aromatic rings. The third-order valence-electron chi connectivity index (χ3n) is 4.01. The summed E-state index contributed by atoms with van der Waals surface area (Å²) in [6, 6.07) is 10.4. The molecule has 0 aliphatic carbocycles. The number of nitrogens with zero attached hydrogens (tertiary/aromatic N) is 1. The van der Waals surface area contributed by atoms with Crippen molar-refractivity contribution in [2.45, 2.75) is 25.3 Å². The Kier molecular flexibility index (Phi) is 3.76. The predicted octanol–water partition coefficient (Wildman–Crippen LogP) is 3.05. The maximum absolute atomic E-state index is 6.42. The van der Waals surface area contributed by atoms with E-state index in [2.05, 4.69) is 23.2 Å². The molecule has 1 aromatic carbocycles. The minimum Gasteiger partial charge on any atom is -0.381 e. The number of hydrogen-bond donors (Lipinski definition) is 1. The lowest BCUT2D eigenvalue weighted by molar-refractivity contribution is 0.0619. The molecule has 2 heterocycles. The molecule has 1 aromatic heterocycles. The van der Waals surface area contributed by atoms with Crippen LogP contribution < -0.4 is 5.73 Å². The van der Waals surface area contributed by atoms with Crippen molar-refractivity contribution >= 4 is 10.9 Å². The fraction of sp³-hybridized carbons (Fsp3) is 0.438. The SMILES string of the molecule is NC(CC1CCOCC1)c1ccnc2ccccc12. The Morgan fingerprint density at radius 3 is 2.84 bits per heavy atom. The molecule has 0 bridgehead atoms. The summed E-state index contributed by atoms with van der Waals surface area (Å²) in [5, 5.41) is 1.18. The molecule has 2 N–H and O–H groups in total. The largest absolute Gasteiger partial charge is 0.381 e. The lowest BCUT2D eigenvalue weighted by Gasteiger charge is -2.25. The Morgan fingerprint density at radius 2 is 2.00 bits per heavy atom. The lowest BCUT2D eigenvalue weighted by atomic mass is 9.89. The van der Waals surface area contributed by atoms with Gasteiger partial charge in [0.05, 0.1) is 5.52 Å². The molecule has 0 amide bonds. The van der Waals surface area contributed by atoms with Crippen molar-refractivity contribution in [3.63, 3.8) is 0 Å². The summed E-state index contributed by atoms with van der Waals surface area (Å²) in [4.78, 5) is 4.40. The molecule has 0 spiro atoms. The average Bonchev–Trinajstić information content (AvgIpc) is 2.47. The fourth-order valence-corrected chi connectivity index (χ4v) is 2.91. The second-order valence-corrected chi connectivity index (χ2v) is 5.32. The fourth-order valence-electron chi connectivity index (χ4n) is 2.91. The van der Waals surface area contributed by atoms with Gasteiger partial charge in [-0.15, -0.1) is 0 Å². The van der Waals surface area contributed by atoms with Gasteiger partial charge in [-0.2, -0.15) is 0 Å². The van der Waals surface area contributed by atoms with Crippen LogP contribution in [0.4, 0.5) is 0 Å². The third-order valence-corrected chi connectivity index (χ3v) is 4.01. The Hall–Kier alpha value is -1.45. The second kappa shape index (κ2) is 5.68. The topological polar surface area (TPSA) is 48.1 Å². The van der Waals surface area contributed by atoms with Gasteiger partial charge in [-0.25, -0.2) is 0 Å². The Labute approximate surface area is 113 Å². The molecule has 1 aliphatic heterocycles. The first-order chi connectivity index (χ1) is 9.34. The van der Waals surface area contributed by atoms with Crippen LogP contribution in [0, 0.1) is 5.92 Å². The highest BCUT2D eigenvalue weighted by Crippen LogP contribution is 2.29. The molecule has 1 unspecified atom stereocenters. The van der Waals surface area contributed by atoms with Crippen LogP contribution in [0.2, 0.25) is 0 Å². The van der Waals surface area contributed by atoms with Crippen molar-refractivity contribution < 1.29 is 4.74 Å². The van der Waals surface area contributed by atoms with Crippen LogP contribution in [0.5, 0.6) is 0 Å². The van der Waals surface area contributed by atoms with Crippen LogP contribution in [0.3, 0.4) is 0 Å². The van der Waals surface area contributed by atoms with E-state index in [-0.39, 0.29) is 6.04 Å². The predicted molar refractivity (Wildman–Crippen MR) is 76.8 cm³/mol. The monoisotopic (exact) mass is 256 g/mol. The first-order valence-corrected chi connectivity index (χ1v) is 7.01. The zero-order chi connectivity index (χ0) is 13.1. The lowest BCUT2D eigenvalue weighted by Crippen LogP contribution is -2.21. The van der Waals surface area contributed by atoms with Crippen molar-refractivity contribution in [3.05, 3.63) is 42.1 Å². The molecule has 1 saturated heterocycles. The maximum atomic E-state index is 6.42. The highest BCUT2D eigenvalue weighted by atomic mass is 16.5. The van der Waals surface area contributed by atoms with Crippen molar-refractivity contribution in [2.24, 2.45) is 11.7 Å². The van der Waals surface area contributed by atoms with Gasteiger partial charge in [-0.3, -0.25) is 4.98 Å². The molecule has 1 fully saturated rings. The number of pyridine rings is 1. The number of benzene rings is 1. The molecule has 0 radical (unpaired) electrons. The van der Waals surface area contributed by atoms with Gasteiger partial charge >= 0.3 is 0 Å². The van der Waals surface area contributed by atoms with E-state index >= 15 is 0 Å². The van der Waals surface area contributed by atoms with Gasteiger partial charge in [-0.05, 0) is 42.9 Å². The first kappa shape index (κ1) is 12.6. The van der Waals surface area contributed by atoms with Gasteiger partial charge in [-0.1, -0.05) is 18.2 Å². The van der Waals surface area contributed by atoms with E-state index in [9.17, 15) is 0 Å². The molecule has 3 heteroatoms. The third kappa shape index (κ3) is 2.77. The number of nitrogens with two attached hydrogens (primary N) is 1. The van der Waals surface area contributed by atoms with E-state index in [1.807, 2.05) is 18.3 Å². The number of hydrogen-bond acceptors (Lipinski definition) is 3. The minimum absolute atomic E-state index is 0.0935. The van der Waals surface area contributed by atoms with Gasteiger partial charge in [0.1, 0.15) is 0 Å². The summed E-state index contributed by atoms with van der Waals surface area (Å²) in [5.41, 5.74) is 8.67. The van der Waals surface area contributed by atoms with E-state index in [4.69, 9.17) is 10.5 Å². The normalized spacial score (nSPS) is 18.6. The van der Waals surface area contributed by atoms with E-state index in [0.717, 1.165) is 38.0 Å². The second-order valence-electron chi connectivity index (χ2n) is 5.32. The van der Waals surface area contributed by atoms with Crippen molar-refractivity contribution in [1.29, 1.82) is 0 Å². The van der Waals surface area contributed by atoms with Crippen LogP contribution in [0.15, 0.2) is 36.5 Å². The standard InChI is InChI=1S/C16H20N2O/c17-15(11-12-6-9-19-10-7-12)13-5-8-18-16-4-2-1-3-14(13)16/h1-5,8,12,15H,6-7,9-11,17H2. The summed E-state index contributed by atoms with van der Waals surface area (Å²) >= 11 is 0. The van der Waals surface area contributed by atoms with Crippen LogP contribution >= 0.6 is 0 Å². The van der Waals surface area contributed by atoms with E-state index < -0.39 is 0 Å². The molecular formula is C16H20N2O. The summed E-state index contributed by atoms with van der Waals surface area (Å²) in [5.74, 6) is 0.690. The number of rotatable bonds is 3. The van der Waals surface area contributed by atoms with Gasteiger partial charge < -0.3 is 10.5 Å². The number of fused-ring (bicyclic) bond motifs is 1. The van der Waals surface area contributed by atoms with E-state index in [1.165, 1.54) is 10.9 Å². The molecule has 0 saturated carbocycles. The van der Waals surface area contributed by atoms with Gasteiger partial charge in [0, 0.05) is 30.8 Å². The molecule has 19 heavy (non-hydrogen) atoms. The summed E-state index contributed by atoms with van der Waals surface area (Å²) in [7, 11) is 0. The summed E-state index contributed by atoms with van der Waals surface area (Å²) in [6.07, 6.45) is 5.17. The maximum Gasteiger partial charge on any atom is 0.0705 e. The van der Waals surface area contributed by atoms with Crippen molar-refractivity contribution in [1.82, 2.24) is 4.98 Å². The smallest absolute Gasteiger partial charge is 0.0705 e. The van der Waals surface area contributed by atoms with Crippen LogP contribution in [-0.4, -0.2) is 18.2 Å². The molecule has 3 rings (SSSR count). The number of aromatic nitrogens is 1. The zero-order valence-electron chi connectivity index (χ0n) is 11.1. The van der Waals surface area contributed by atoms with E-state index in [0.29, 0.717) is 5.92 Å². The van der Waals surface area contributed by atoms with Crippen LogP contribution in [0.25, 0.3) is 10.9 Å². The highest BCUT2D eigenvalue weighted by molar-refractivity contribution is 5.82. The first-order valence-electron chi connectivity index (χ1n) is 7.01. The Morgan fingerprint density at radius 1 is 1.21 bits per heavy atom. The quantitative estimate of drug-likeness (QED) is 0.918. The minimum atomic E-state index is 0.0935. The molecular weight excluding hydrogens is 236 g/mol. The van der Waals surface area contributed by atoms with E-state index in [1.54, 1.807) is 0 Å². The molecule has 3 nitrogen and oxygen atoms in total. The van der Waals surface area contributed by atoms with Gasteiger partial charge in [0.2, 0.25) is 0 Å². The van der Waals surface area contributed by atoms with Crippen molar-refractivity contribution in [3.8, 4) is 0 Å². The molecule has 100 valence electrons. The highest BCUT2D eigenvalue weighted by Gasteiger charge is 2.19. The number of ether oxygens (including phenoxy) is 1. The Bertz CT molecular complexity index is 544. The van der Waals surface area contributed by atoms with Gasteiger partial charge in [0.25, 0.3) is 0 Å². The van der Waals surface area contributed by atoms with Crippen LogP contribution in [0.1, 0.15) is 30.9 Å². The average molecular weight is 256 g/mol. The molecule has 1 aliphatic rings. The molecule has 1 atom stereocenters. The van der Waals surface area contributed by atoms with Crippen molar-refractivity contribution in [2.75, 3.05) is 13.2 Å². The van der Waals surface area contributed by atoms with Gasteiger partial charge in [0.15, 0.2) is 0 Å². The Balaban J connectivity index is 1.82. The number of para-hydroxylation sites is 1. The zero-order valence-corrected chi connectivity index (χ0v) is 11.1. The van der Waals surface area contributed by atoms with Crippen LogP contribution in [-0.2, 0) is 4.74 Å².